The third-order valence-electron chi connectivity index (χ3n) is 6.73. The molecule has 0 radical (unpaired) electrons. The van der Waals surface area contributed by atoms with Gasteiger partial charge in [0.15, 0.2) is 12.6 Å². The number of hydrogen-bond donors (Lipinski definition) is 0. The molecule has 4 aliphatic rings. The first-order valence-corrected chi connectivity index (χ1v) is 11.5. The van der Waals surface area contributed by atoms with Crippen molar-refractivity contribution in [3.8, 4) is 17.2 Å². The van der Waals surface area contributed by atoms with Gasteiger partial charge in [0.2, 0.25) is 5.78 Å². The van der Waals surface area contributed by atoms with Crippen molar-refractivity contribution in [3.63, 3.8) is 0 Å². The van der Waals surface area contributed by atoms with Gasteiger partial charge in [-0.1, -0.05) is 30.9 Å². The van der Waals surface area contributed by atoms with Crippen LogP contribution in [0.4, 0.5) is 0 Å². The standard InChI is InChI=1S/C25H24ClNO5/c26-17-8-15(24-16(9-17)12-29-14-31-24)10-22-23(28)19-6-7-21-20(25(19)32-22)11-27(13-30-21)18-4-2-1-3-5-18/h6-10,18H,1-5,11-14H2/b22-10+. The summed E-state index contributed by atoms with van der Waals surface area (Å²) in [6.45, 7) is 1.91. The lowest BCUT2D eigenvalue weighted by Gasteiger charge is -2.37. The highest BCUT2D eigenvalue weighted by Crippen LogP contribution is 2.43. The van der Waals surface area contributed by atoms with Crippen molar-refractivity contribution < 1.29 is 23.7 Å². The molecule has 32 heavy (non-hydrogen) atoms. The van der Waals surface area contributed by atoms with Crippen LogP contribution >= 0.6 is 11.6 Å². The van der Waals surface area contributed by atoms with Gasteiger partial charge in [-0.05, 0) is 43.2 Å². The van der Waals surface area contributed by atoms with E-state index in [1.165, 1.54) is 32.1 Å². The van der Waals surface area contributed by atoms with Gasteiger partial charge in [-0.15, -0.1) is 0 Å². The molecule has 0 unspecified atom stereocenters. The summed E-state index contributed by atoms with van der Waals surface area (Å²) in [4.78, 5) is 15.6. The summed E-state index contributed by atoms with van der Waals surface area (Å²) in [6.07, 6.45) is 7.95. The van der Waals surface area contributed by atoms with Gasteiger partial charge in [-0.2, -0.15) is 0 Å². The molecule has 0 bridgehead atoms. The Labute approximate surface area is 191 Å². The van der Waals surface area contributed by atoms with Crippen molar-refractivity contribution in [3.05, 3.63) is 57.3 Å². The van der Waals surface area contributed by atoms with Crippen molar-refractivity contribution in [1.29, 1.82) is 0 Å². The average Bonchev–Trinajstić information content (AvgIpc) is 3.15. The Morgan fingerprint density at radius 3 is 2.81 bits per heavy atom. The van der Waals surface area contributed by atoms with E-state index in [-0.39, 0.29) is 18.3 Å². The molecule has 1 aliphatic carbocycles. The van der Waals surface area contributed by atoms with Crippen LogP contribution in [0.1, 0.15) is 59.2 Å². The second kappa shape index (κ2) is 8.10. The summed E-state index contributed by atoms with van der Waals surface area (Å²) in [5, 5.41) is 0.557. The molecular weight excluding hydrogens is 430 g/mol. The number of fused-ring (bicyclic) bond motifs is 4. The van der Waals surface area contributed by atoms with Crippen LogP contribution in [0.25, 0.3) is 6.08 Å². The fourth-order valence-electron chi connectivity index (χ4n) is 5.11. The Bertz CT molecular complexity index is 1120. The number of halogens is 1. The largest absolute Gasteiger partial charge is 0.478 e. The SMILES string of the molecule is O=C1/C(=C\c2cc(Cl)cc3c2OCOC3)Oc2c1ccc1c2CN(C2CCCCC2)CO1. The molecule has 1 fully saturated rings. The lowest BCUT2D eigenvalue weighted by Crippen LogP contribution is -2.41. The van der Waals surface area contributed by atoms with Gasteiger partial charge in [0.1, 0.15) is 24.0 Å². The molecule has 2 aromatic rings. The van der Waals surface area contributed by atoms with E-state index in [0.29, 0.717) is 47.0 Å². The molecular formula is C25H24ClNO5. The molecule has 6 nitrogen and oxygen atoms in total. The fourth-order valence-corrected chi connectivity index (χ4v) is 5.36. The van der Waals surface area contributed by atoms with Gasteiger partial charge >= 0.3 is 0 Å². The summed E-state index contributed by atoms with van der Waals surface area (Å²) in [5.41, 5.74) is 3.09. The normalized spacial score (nSPS) is 21.9. The molecule has 2 aromatic carbocycles. The van der Waals surface area contributed by atoms with E-state index in [4.69, 9.17) is 30.5 Å². The van der Waals surface area contributed by atoms with Gasteiger partial charge in [-0.25, -0.2) is 0 Å². The number of hydrogen-bond acceptors (Lipinski definition) is 6. The zero-order chi connectivity index (χ0) is 21.7. The lowest BCUT2D eigenvalue weighted by molar-refractivity contribution is -0.0165. The van der Waals surface area contributed by atoms with Crippen LogP contribution in [0.5, 0.6) is 17.2 Å². The third-order valence-corrected chi connectivity index (χ3v) is 6.94. The summed E-state index contributed by atoms with van der Waals surface area (Å²) in [5.74, 6) is 2.21. The Balaban J connectivity index is 1.33. The van der Waals surface area contributed by atoms with Crippen LogP contribution in [0, 0.1) is 0 Å². The summed E-state index contributed by atoms with van der Waals surface area (Å²) in [7, 11) is 0. The van der Waals surface area contributed by atoms with Crippen molar-refractivity contribution >= 4 is 23.5 Å². The first kappa shape index (κ1) is 20.1. The van der Waals surface area contributed by atoms with Crippen LogP contribution in [0.15, 0.2) is 30.0 Å². The highest BCUT2D eigenvalue weighted by atomic mass is 35.5. The van der Waals surface area contributed by atoms with E-state index in [2.05, 4.69) is 4.90 Å². The lowest BCUT2D eigenvalue weighted by atomic mass is 9.93. The molecule has 0 N–H and O–H groups in total. The number of ketones is 1. The second-order valence-corrected chi connectivity index (χ2v) is 9.20. The van der Waals surface area contributed by atoms with E-state index < -0.39 is 0 Å². The predicted octanol–water partition coefficient (Wildman–Crippen LogP) is 5.31. The highest BCUT2D eigenvalue weighted by Gasteiger charge is 2.35. The van der Waals surface area contributed by atoms with E-state index >= 15 is 0 Å². The monoisotopic (exact) mass is 453 g/mol. The molecule has 0 aromatic heterocycles. The molecule has 6 rings (SSSR count). The van der Waals surface area contributed by atoms with Crippen molar-refractivity contribution in [2.45, 2.75) is 51.3 Å². The maximum Gasteiger partial charge on any atom is 0.231 e. The second-order valence-electron chi connectivity index (χ2n) is 8.76. The van der Waals surface area contributed by atoms with E-state index in [1.54, 1.807) is 18.2 Å². The van der Waals surface area contributed by atoms with Crippen LogP contribution < -0.4 is 14.2 Å². The van der Waals surface area contributed by atoms with Crippen LogP contribution in [0.2, 0.25) is 5.02 Å². The first-order chi connectivity index (χ1) is 15.7. The van der Waals surface area contributed by atoms with Gasteiger partial charge in [-0.3, -0.25) is 9.69 Å². The zero-order valence-electron chi connectivity index (χ0n) is 17.7. The van der Waals surface area contributed by atoms with Crippen LogP contribution in [-0.2, 0) is 17.9 Å². The quantitative estimate of drug-likeness (QED) is 0.574. The Morgan fingerprint density at radius 1 is 1.06 bits per heavy atom. The summed E-state index contributed by atoms with van der Waals surface area (Å²) in [6, 6.07) is 7.81. The Kier molecular flexibility index (Phi) is 5.09. The zero-order valence-corrected chi connectivity index (χ0v) is 18.5. The Morgan fingerprint density at radius 2 is 1.94 bits per heavy atom. The molecule has 0 amide bonds. The number of allylic oxidation sites excluding steroid dienone is 1. The van der Waals surface area contributed by atoms with Crippen molar-refractivity contribution in [1.82, 2.24) is 4.90 Å². The van der Waals surface area contributed by atoms with E-state index in [1.807, 2.05) is 12.1 Å². The van der Waals surface area contributed by atoms with Gasteiger partial charge < -0.3 is 18.9 Å². The average molecular weight is 454 g/mol. The molecule has 3 aliphatic heterocycles. The molecule has 7 heteroatoms. The smallest absolute Gasteiger partial charge is 0.231 e. The molecule has 0 saturated heterocycles. The minimum Gasteiger partial charge on any atom is -0.478 e. The predicted molar refractivity (Wildman–Crippen MR) is 119 cm³/mol. The van der Waals surface area contributed by atoms with Gasteiger partial charge in [0, 0.05) is 28.7 Å². The van der Waals surface area contributed by atoms with E-state index in [9.17, 15) is 4.79 Å². The number of rotatable bonds is 2. The van der Waals surface area contributed by atoms with Crippen LogP contribution in [0.3, 0.4) is 0 Å². The molecule has 0 atom stereocenters. The molecule has 3 heterocycles. The van der Waals surface area contributed by atoms with Crippen LogP contribution in [-0.4, -0.2) is 30.2 Å². The van der Waals surface area contributed by atoms with Crippen molar-refractivity contribution in [2.75, 3.05) is 13.5 Å². The number of benzene rings is 2. The van der Waals surface area contributed by atoms with E-state index in [0.717, 1.165) is 23.4 Å². The minimum absolute atomic E-state index is 0.140. The Hall–Kier alpha value is -2.54. The number of carbonyl (C=O) groups is 1. The number of Topliss-reactive ketones (excluding diaryl/α,β-unsaturated/α-hetero) is 1. The molecule has 1 saturated carbocycles. The van der Waals surface area contributed by atoms with Crippen molar-refractivity contribution in [2.24, 2.45) is 0 Å². The highest BCUT2D eigenvalue weighted by molar-refractivity contribution is 6.31. The third kappa shape index (κ3) is 3.47. The van der Waals surface area contributed by atoms with Gasteiger partial charge in [0.25, 0.3) is 0 Å². The summed E-state index contributed by atoms with van der Waals surface area (Å²) >= 11 is 6.29. The first-order valence-electron chi connectivity index (χ1n) is 11.2. The molecule has 0 spiro atoms. The number of nitrogens with zero attached hydrogens (tertiary/aromatic N) is 1. The minimum atomic E-state index is -0.140. The fraction of sp³-hybridized carbons (Fsp3) is 0.400. The maximum atomic E-state index is 13.2. The maximum absolute atomic E-state index is 13.2. The topological polar surface area (TPSA) is 57.2 Å². The number of carbonyl (C=O) groups excluding carboxylic acids is 1. The van der Waals surface area contributed by atoms with Gasteiger partial charge in [0.05, 0.1) is 17.7 Å². The summed E-state index contributed by atoms with van der Waals surface area (Å²) < 4.78 is 23.3. The number of ether oxygens (including phenoxy) is 4. The molecule has 166 valence electrons.